The molecule has 2 heteroatoms. The molecule has 0 aromatic heterocycles. The molecule has 2 aromatic rings. The molecule has 136 valence electrons. The molecular formula is C24H28O2. The molecule has 0 spiro atoms. The molecule has 1 saturated carbocycles. The van der Waals surface area contributed by atoms with Crippen molar-refractivity contribution in [2.24, 2.45) is 10.8 Å². The van der Waals surface area contributed by atoms with Gasteiger partial charge >= 0.3 is 5.97 Å². The summed E-state index contributed by atoms with van der Waals surface area (Å²) in [6.07, 6.45) is 6.62. The highest BCUT2D eigenvalue weighted by Gasteiger charge is 2.64. The Morgan fingerprint density at radius 1 is 1.15 bits per heavy atom. The zero-order valence-corrected chi connectivity index (χ0v) is 16.4. The molecule has 0 saturated heterocycles. The van der Waals surface area contributed by atoms with E-state index in [-0.39, 0.29) is 22.9 Å². The highest BCUT2D eigenvalue weighted by molar-refractivity contribution is 5.89. The summed E-state index contributed by atoms with van der Waals surface area (Å²) >= 11 is 0. The SMILES string of the molecule is C=Cc1cc2cc(C(C)OC(=O)C3(C)CC3(C)C)ccc2cc1/C=C\C. The number of rotatable bonds is 5. The summed E-state index contributed by atoms with van der Waals surface area (Å²) in [5.41, 5.74) is 2.96. The van der Waals surface area contributed by atoms with Crippen LogP contribution in [0.2, 0.25) is 0 Å². The highest BCUT2D eigenvalue weighted by Crippen LogP contribution is 2.64. The Morgan fingerprint density at radius 2 is 1.81 bits per heavy atom. The van der Waals surface area contributed by atoms with Crippen LogP contribution in [0.5, 0.6) is 0 Å². The monoisotopic (exact) mass is 348 g/mol. The van der Waals surface area contributed by atoms with Gasteiger partial charge in [0.25, 0.3) is 0 Å². The van der Waals surface area contributed by atoms with Gasteiger partial charge in [0.2, 0.25) is 0 Å². The van der Waals surface area contributed by atoms with E-state index in [1.807, 2.05) is 39.0 Å². The van der Waals surface area contributed by atoms with Gasteiger partial charge in [-0.15, -0.1) is 0 Å². The molecule has 0 bridgehead atoms. The van der Waals surface area contributed by atoms with Crippen molar-refractivity contribution in [2.45, 2.75) is 47.1 Å². The molecule has 2 nitrogen and oxygen atoms in total. The topological polar surface area (TPSA) is 26.3 Å². The highest BCUT2D eigenvalue weighted by atomic mass is 16.5. The molecule has 1 fully saturated rings. The van der Waals surface area contributed by atoms with E-state index in [1.165, 1.54) is 5.39 Å². The van der Waals surface area contributed by atoms with Gasteiger partial charge < -0.3 is 4.74 Å². The third-order valence-electron chi connectivity index (χ3n) is 6.00. The lowest BCUT2D eigenvalue weighted by Crippen LogP contribution is -2.22. The van der Waals surface area contributed by atoms with Crippen LogP contribution in [-0.4, -0.2) is 5.97 Å². The van der Waals surface area contributed by atoms with Crippen LogP contribution in [0.1, 0.15) is 63.8 Å². The van der Waals surface area contributed by atoms with Crippen LogP contribution in [0, 0.1) is 10.8 Å². The number of benzene rings is 2. The second-order valence-electron chi connectivity index (χ2n) is 8.23. The number of carbonyl (C=O) groups excluding carboxylic acids is 1. The molecule has 2 unspecified atom stereocenters. The minimum Gasteiger partial charge on any atom is -0.457 e. The largest absolute Gasteiger partial charge is 0.457 e. The fourth-order valence-corrected chi connectivity index (χ4v) is 3.65. The van der Waals surface area contributed by atoms with Gasteiger partial charge in [0, 0.05) is 0 Å². The van der Waals surface area contributed by atoms with Crippen LogP contribution in [0.15, 0.2) is 43.0 Å². The zero-order chi connectivity index (χ0) is 19.1. The van der Waals surface area contributed by atoms with Gasteiger partial charge in [-0.2, -0.15) is 0 Å². The van der Waals surface area contributed by atoms with Crippen molar-refractivity contribution < 1.29 is 9.53 Å². The summed E-state index contributed by atoms with van der Waals surface area (Å²) in [7, 11) is 0. The summed E-state index contributed by atoms with van der Waals surface area (Å²) in [6, 6.07) is 10.6. The summed E-state index contributed by atoms with van der Waals surface area (Å²) in [6.45, 7) is 14.1. The van der Waals surface area contributed by atoms with Gasteiger partial charge in [-0.25, -0.2) is 0 Å². The Morgan fingerprint density at radius 3 is 2.38 bits per heavy atom. The van der Waals surface area contributed by atoms with Gasteiger partial charge in [0.15, 0.2) is 0 Å². The Balaban J connectivity index is 1.87. The quantitative estimate of drug-likeness (QED) is 0.572. The van der Waals surface area contributed by atoms with Gasteiger partial charge in [-0.05, 0) is 78.3 Å². The van der Waals surface area contributed by atoms with Crippen molar-refractivity contribution in [3.8, 4) is 0 Å². The second kappa shape index (κ2) is 6.42. The molecule has 1 aliphatic carbocycles. The molecule has 0 aliphatic heterocycles. The Kier molecular flexibility index (Phi) is 4.56. The van der Waals surface area contributed by atoms with Crippen LogP contribution >= 0.6 is 0 Å². The van der Waals surface area contributed by atoms with Crippen LogP contribution in [0.4, 0.5) is 0 Å². The van der Waals surface area contributed by atoms with E-state index < -0.39 is 0 Å². The van der Waals surface area contributed by atoms with Crippen molar-refractivity contribution in [3.05, 3.63) is 59.7 Å². The number of allylic oxidation sites excluding steroid dienone is 1. The average Bonchev–Trinajstić information content (AvgIpc) is 3.13. The first-order chi connectivity index (χ1) is 12.2. The van der Waals surface area contributed by atoms with Crippen molar-refractivity contribution in [1.82, 2.24) is 0 Å². The summed E-state index contributed by atoms with van der Waals surface area (Å²) < 4.78 is 5.80. The normalized spacial score (nSPS) is 22.3. The summed E-state index contributed by atoms with van der Waals surface area (Å²) in [5, 5.41) is 2.30. The molecule has 3 rings (SSSR count). The third-order valence-corrected chi connectivity index (χ3v) is 6.00. The van der Waals surface area contributed by atoms with Crippen LogP contribution < -0.4 is 0 Å². The number of ether oxygens (including phenoxy) is 1. The first-order valence-corrected chi connectivity index (χ1v) is 9.26. The maximum atomic E-state index is 12.6. The Labute approximate surface area is 156 Å². The standard InChI is InChI=1S/C24H28O2/c1-7-9-19-14-20-11-10-18(13-21(20)12-17(19)8-2)16(3)26-22(25)24(6)15-23(24,4)5/h7-14,16H,2,15H2,1,3-6H3/b9-7-. The lowest BCUT2D eigenvalue weighted by atomic mass is 9.97. The van der Waals surface area contributed by atoms with E-state index in [9.17, 15) is 4.79 Å². The molecule has 0 heterocycles. The first kappa shape index (κ1) is 18.4. The van der Waals surface area contributed by atoms with E-state index in [0.717, 1.165) is 28.5 Å². The molecule has 0 N–H and O–H groups in total. The number of hydrogen-bond acceptors (Lipinski definition) is 2. The molecular weight excluding hydrogens is 320 g/mol. The molecule has 2 aromatic carbocycles. The van der Waals surface area contributed by atoms with Gasteiger partial charge in [0.05, 0.1) is 5.41 Å². The van der Waals surface area contributed by atoms with Crippen LogP contribution in [0.25, 0.3) is 22.9 Å². The fourth-order valence-electron chi connectivity index (χ4n) is 3.65. The molecule has 0 radical (unpaired) electrons. The molecule has 2 atom stereocenters. The number of esters is 1. The first-order valence-electron chi connectivity index (χ1n) is 9.26. The van der Waals surface area contributed by atoms with Gasteiger partial charge in [-0.1, -0.05) is 50.8 Å². The van der Waals surface area contributed by atoms with E-state index in [2.05, 4.69) is 50.8 Å². The summed E-state index contributed by atoms with van der Waals surface area (Å²) in [5.74, 6) is -0.0923. The number of hydrogen-bond donors (Lipinski definition) is 0. The smallest absolute Gasteiger partial charge is 0.312 e. The molecule has 0 amide bonds. The predicted molar refractivity (Wildman–Crippen MR) is 110 cm³/mol. The maximum Gasteiger partial charge on any atom is 0.312 e. The number of carbonyl (C=O) groups is 1. The third kappa shape index (κ3) is 3.09. The van der Waals surface area contributed by atoms with Crippen LogP contribution in [-0.2, 0) is 9.53 Å². The van der Waals surface area contributed by atoms with Crippen molar-refractivity contribution in [1.29, 1.82) is 0 Å². The lowest BCUT2D eigenvalue weighted by molar-refractivity contribution is -0.156. The van der Waals surface area contributed by atoms with Crippen LogP contribution in [0.3, 0.4) is 0 Å². The minimum absolute atomic E-state index is 0.0370. The Hall–Kier alpha value is -2.35. The van der Waals surface area contributed by atoms with E-state index in [1.54, 1.807) is 0 Å². The zero-order valence-electron chi connectivity index (χ0n) is 16.4. The average molecular weight is 348 g/mol. The van der Waals surface area contributed by atoms with Crippen molar-refractivity contribution in [3.63, 3.8) is 0 Å². The Bertz CT molecular complexity index is 904. The van der Waals surface area contributed by atoms with Crippen molar-refractivity contribution in [2.75, 3.05) is 0 Å². The van der Waals surface area contributed by atoms with Gasteiger partial charge in [0.1, 0.15) is 6.10 Å². The minimum atomic E-state index is -0.352. The maximum absolute atomic E-state index is 12.6. The fraction of sp³-hybridized carbons (Fsp3) is 0.375. The van der Waals surface area contributed by atoms with E-state index >= 15 is 0 Å². The molecule has 1 aliphatic rings. The molecule has 26 heavy (non-hydrogen) atoms. The second-order valence-corrected chi connectivity index (χ2v) is 8.23. The van der Waals surface area contributed by atoms with E-state index in [0.29, 0.717) is 0 Å². The predicted octanol–water partition coefficient (Wildman–Crippen LogP) is 6.56. The summed E-state index contributed by atoms with van der Waals surface area (Å²) in [4.78, 5) is 12.6. The van der Waals surface area contributed by atoms with Gasteiger partial charge in [-0.3, -0.25) is 4.79 Å². The number of fused-ring (bicyclic) bond motifs is 1. The lowest BCUT2D eigenvalue weighted by Gasteiger charge is -2.19. The van der Waals surface area contributed by atoms with E-state index in [4.69, 9.17) is 4.74 Å². The van der Waals surface area contributed by atoms with Crippen molar-refractivity contribution >= 4 is 28.9 Å².